The Balaban J connectivity index is 1.95. The van der Waals surface area contributed by atoms with Gasteiger partial charge in [0.15, 0.2) is 0 Å². The molecule has 5 nitrogen and oxygen atoms in total. The van der Waals surface area contributed by atoms with Crippen LogP contribution in [-0.4, -0.2) is 33.4 Å². The molecule has 2 heterocycles. The van der Waals surface area contributed by atoms with Crippen LogP contribution in [0.1, 0.15) is 5.56 Å². The Morgan fingerprint density at radius 1 is 1.04 bits per heavy atom. The summed E-state index contributed by atoms with van der Waals surface area (Å²) in [6.45, 7) is 4.54. The molecule has 5 heteroatoms. The molecule has 3 aromatic rings. The summed E-state index contributed by atoms with van der Waals surface area (Å²) in [6.07, 6.45) is 0. The van der Waals surface area contributed by atoms with Gasteiger partial charge in [0.2, 0.25) is 17.1 Å². The number of methoxy groups -OCH3 is 1. The first kappa shape index (κ1) is 16.7. The molecule has 0 radical (unpaired) electrons. The molecule has 0 bridgehead atoms. The Hall–Kier alpha value is -2.79. The predicted molar refractivity (Wildman–Crippen MR) is 102 cm³/mol. The van der Waals surface area contributed by atoms with Gasteiger partial charge in [-0.25, -0.2) is 0 Å². The molecule has 0 aliphatic carbocycles. The molecule has 1 aliphatic heterocycles. The molecule has 0 N–H and O–H groups in total. The third-order valence-electron chi connectivity index (χ3n) is 4.84. The highest BCUT2D eigenvalue weighted by molar-refractivity contribution is 5.89. The molecule has 0 saturated carbocycles. The van der Waals surface area contributed by atoms with Gasteiger partial charge in [0.1, 0.15) is 5.58 Å². The standard InChI is InChI=1S/C21H21NO4/c1-14-16(15-6-4-3-5-7-15)8-9-17-18(23)20(24-2)21(26-19(14)17)22-10-12-25-13-11-22/h3-9H,10-13H2,1-2H3. The number of nitrogens with zero attached hydrogens (tertiary/aromatic N) is 1. The number of ether oxygens (including phenoxy) is 2. The molecule has 1 fully saturated rings. The Kier molecular flexibility index (Phi) is 4.39. The summed E-state index contributed by atoms with van der Waals surface area (Å²) in [6, 6.07) is 13.9. The zero-order valence-corrected chi connectivity index (χ0v) is 15.0. The van der Waals surface area contributed by atoms with Crippen LogP contribution >= 0.6 is 0 Å². The van der Waals surface area contributed by atoms with Gasteiger partial charge in [-0.1, -0.05) is 36.4 Å². The number of aryl methyl sites for hydroxylation is 1. The maximum absolute atomic E-state index is 13.0. The van der Waals surface area contributed by atoms with Crippen LogP contribution in [0.5, 0.6) is 5.75 Å². The van der Waals surface area contributed by atoms with Crippen LogP contribution in [0.15, 0.2) is 51.7 Å². The highest BCUT2D eigenvalue weighted by Gasteiger charge is 2.23. The van der Waals surface area contributed by atoms with Gasteiger partial charge in [0.25, 0.3) is 0 Å². The first-order valence-electron chi connectivity index (χ1n) is 8.73. The predicted octanol–water partition coefficient (Wildman–Crippen LogP) is 3.61. The Morgan fingerprint density at radius 3 is 2.46 bits per heavy atom. The SMILES string of the molecule is COc1c(N2CCOCC2)oc2c(C)c(-c3ccccc3)ccc2c1=O. The molecule has 134 valence electrons. The van der Waals surface area contributed by atoms with Crippen molar-refractivity contribution >= 4 is 16.9 Å². The van der Waals surface area contributed by atoms with E-state index in [2.05, 4.69) is 12.1 Å². The van der Waals surface area contributed by atoms with E-state index in [-0.39, 0.29) is 11.2 Å². The van der Waals surface area contributed by atoms with Crippen LogP contribution in [0.25, 0.3) is 22.1 Å². The summed E-state index contributed by atoms with van der Waals surface area (Å²) in [5.41, 5.74) is 3.57. The summed E-state index contributed by atoms with van der Waals surface area (Å²) < 4.78 is 17.1. The monoisotopic (exact) mass is 351 g/mol. The highest BCUT2D eigenvalue weighted by atomic mass is 16.5. The molecule has 2 aromatic carbocycles. The molecule has 0 unspecified atom stereocenters. The average Bonchev–Trinajstić information content (AvgIpc) is 2.70. The molecular weight excluding hydrogens is 330 g/mol. The van der Waals surface area contributed by atoms with Crippen molar-refractivity contribution in [2.24, 2.45) is 0 Å². The van der Waals surface area contributed by atoms with E-state index in [4.69, 9.17) is 13.9 Å². The highest BCUT2D eigenvalue weighted by Crippen LogP contribution is 2.34. The molecular formula is C21H21NO4. The van der Waals surface area contributed by atoms with Crippen LogP contribution in [0.2, 0.25) is 0 Å². The van der Waals surface area contributed by atoms with Gasteiger partial charge in [0.05, 0.1) is 25.7 Å². The second-order valence-electron chi connectivity index (χ2n) is 6.35. The minimum Gasteiger partial charge on any atom is -0.488 e. The van der Waals surface area contributed by atoms with Gasteiger partial charge in [-0.05, 0) is 24.1 Å². The Labute approximate surface area is 151 Å². The van der Waals surface area contributed by atoms with Crippen molar-refractivity contribution in [2.45, 2.75) is 6.92 Å². The number of hydrogen-bond donors (Lipinski definition) is 0. The lowest BCUT2D eigenvalue weighted by molar-refractivity contribution is 0.120. The third kappa shape index (κ3) is 2.74. The van der Waals surface area contributed by atoms with Gasteiger partial charge < -0.3 is 18.8 Å². The van der Waals surface area contributed by atoms with Crippen molar-refractivity contribution in [1.29, 1.82) is 0 Å². The van der Waals surface area contributed by atoms with Crippen molar-refractivity contribution in [3.05, 3.63) is 58.3 Å². The van der Waals surface area contributed by atoms with Crippen LogP contribution in [0.4, 0.5) is 5.88 Å². The van der Waals surface area contributed by atoms with Crippen molar-refractivity contribution in [2.75, 3.05) is 38.3 Å². The lowest BCUT2D eigenvalue weighted by Crippen LogP contribution is -2.37. The van der Waals surface area contributed by atoms with Crippen molar-refractivity contribution in [3.63, 3.8) is 0 Å². The summed E-state index contributed by atoms with van der Waals surface area (Å²) in [5.74, 6) is 0.743. The summed E-state index contributed by atoms with van der Waals surface area (Å²) in [7, 11) is 1.51. The fourth-order valence-electron chi connectivity index (χ4n) is 3.45. The number of morpholine rings is 1. The van der Waals surface area contributed by atoms with Crippen molar-refractivity contribution in [3.8, 4) is 16.9 Å². The average molecular weight is 351 g/mol. The van der Waals surface area contributed by atoms with Gasteiger partial charge >= 0.3 is 0 Å². The van der Waals surface area contributed by atoms with Crippen LogP contribution < -0.4 is 15.1 Å². The van der Waals surface area contributed by atoms with E-state index in [1.165, 1.54) is 7.11 Å². The van der Waals surface area contributed by atoms with E-state index in [1.54, 1.807) is 0 Å². The summed E-state index contributed by atoms with van der Waals surface area (Å²) in [5, 5.41) is 0.538. The third-order valence-corrected chi connectivity index (χ3v) is 4.84. The fourth-order valence-corrected chi connectivity index (χ4v) is 3.45. The second kappa shape index (κ2) is 6.84. The second-order valence-corrected chi connectivity index (χ2v) is 6.35. The first-order valence-corrected chi connectivity index (χ1v) is 8.73. The number of rotatable bonds is 3. The molecule has 0 amide bonds. The topological polar surface area (TPSA) is 51.9 Å². The molecule has 26 heavy (non-hydrogen) atoms. The molecule has 1 aliphatic rings. The van der Waals surface area contributed by atoms with E-state index in [0.717, 1.165) is 16.7 Å². The fraction of sp³-hybridized carbons (Fsp3) is 0.286. The lowest BCUT2D eigenvalue weighted by Gasteiger charge is -2.28. The Bertz CT molecular complexity index is 988. The minimum atomic E-state index is -0.141. The largest absolute Gasteiger partial charge is 0.488 e. The minimum absolute atomic E-state index is 0.141. The van der Waals surface area contributed by atoms with Gasteiger partial charge in [-0.3, -0.25) is 4.79 Å². The molecule has 1 saturated heterocycles. The quantitative estimate of drug-likeness (QED) is 0.721. The zero-order chi connectivity index (χ0) is 18.1. The van der Waals surface area contributed by atoms with Crippen LogP contribution in [0.3, 0.4) is 0 Å². The van der Waals surface area contributed by atoms with Crippen LogP contribution in [0, 0.1) is 6.92 Å². The van der Waals surface area contributed by atoms with Crippen molar-refractivity contribution in [1.82, 2.24) is 0 Å². The van der Waals surface area contributed by atoms with Crippen LogP contribution in [-0.2, 0) is 4.74 Å². The molecule has 4 rings (SSSR count). The molecule has 1 aromatic heterocycles. The van der Waals surface area contributed by atoms with Crippen molar-refractivity contribution < 1.29 is 13.9 Å². The number of hydrogen-bond acceptors (Lipinski definition) is 5. The van der Waals surface area contributed by atoms with E-state index in [0.29, 0.717) is 43.2 Å². The summed E-state index contributed by atoms with van der Waals surface area (Å²) >= 11 is 0. The maximum atomic E-state index is 13.0. The van der Waals surface area contributed by atoms with Gasteiger partial charge in [0, 0.05) is 18.7 Å². The number of anilines is 1. The molecule has 0 atom stereocenters. The van der Waals surface area contributed by atoms with E-state index < -0.39 is 0 Å². The van der Waals surface area contributed by atoms with E-state index in [1.807, 2.05) is 42.2 Å². The normalized spacial score (nSPS) is 14.6. The smallest absolute Gasteiger partial charge is 0.243 e. The lowest BCUT2D eigenvalue weighted by atomic mass is 9.98. The summed E-state index contributed by atoms with van der Waals surface area (Å²) in [4.78, 5) is 15.0. The Morgan fingerprint density at radius 2 is 1.77 bits per heavy atom. The first-order chi connectivity index (χ1) is 12.7. The van der Waals surface area contributed by atoms with Gasteiger partial charge in [-0.2, -0.15) is 0 Å². The van der Waals surface area contributed by atoms with E-state index >= 15 is 0 Å². The maximum Gasteiger partial charge on any atom is 0.243 e. The zero-order valence-electron chi connectivity index (χ0n) is 15.0. The molecule has 0 spiro atoms. The van der Waals surface area contributed by atoms with Gasteiger partial charge in [-0.15, -0.1) is 0 Å². The number of fused-ring (bicyclic) bond motifs is 1. The number of benzene rings is 2. The van der Waals surface area contributed by atoms with E-state index in [9.17, 15) is 4.79 Å².